The van der Waals surface area contributed by atoms with E-state index in [2.05, 4.69) is 24.1 Å². The van der Waals surface area contributed by atoms with Crippen LogP contribution in [0.5, 0.6) is 0 Å². The van der Waals surface area contributed by atoms with E-state index in [9.17, 15) is 9.18 Å². The molecule has 0 aliphatic carbocycles. The Labute approximate surface area is 126 Å². The Morgan fingerprint density at radius 1 is 1.43 bits per heavy atom. The summed E-state index contributed by atoms with van der Waals surface area (Å²) in [6.07, 6.45) is 4.25. The Balaban J connectivity index is 2.66. The van der Waals surface area contributed by atoms with Gasteiger partial charge in [0.2, 0.25) is 0 Å². The van der Waals surface area contributed by atoms with Crippen molar-refractivity contribution in [1.82, 2.24) is 5.32 Å². The van der Waals surface area contributed by atoms with Gasteiger partial charge >= 0.3 is 0 Å². The minimum atomic E-state index is -0.558. The molecule has 3 N–H and O–H groups in total. The van der Waals surface area contributed by atoms with Gasteiger partial charge in [0.15, 0.2) is 0 Å². The summed E-state index contributed by atoms with van der Waals surface area (Å²) in [6.45, 7) is 4.29. The lowest BCUT2D eigenvalue weighted by atomic mass is 10.1. The van der Waals surface area contributed by atoms with Gasteiger partial charge in [-0.05, 0) is 31.5 Å². The number of unbranched alkanes of at least 4 members (excludes halogenated alkanes) is 2. The zero-order valence-electron chi connectivity index (χ0n) is 12.7. The number of hydrogen-bond acceptors (Lipinski definition) is 2. The number of rotatable bonds is 6. The van der Waals surface area contributed by atoms with Crippen LogP contribution in [0.15, 0.2) is 18.2 Å². The van der Waals surface area contributed by atoms with Gasteiger partial charge in [0.1, 0.15) is 5.82 Å². The van der Waals surface area contributed by atoms with Gasteiger partial charge in [0.25, 0.3) is 5.91 Å². The number of hydrogen-bond donors (Lipinski definition) is 2. The first-order valence-electron chi connectivity index (χ1n) is 7.37. The van der Waals surface area contributed by atoms with Crippen LogP contribution in [0.1, 0.15) is 55.5 Å². The molecule has 3 nitrogen and oxygen atoms in total. The van der Waals surface area contributed by atoms with Gasteiger partial charge in [-0.25, -0.2) is 4.39 Å². The molecule has 1 aromatic rings. The second-order valence-electron chi connectivity index (χ2n) is 5.07. The van der Waals surface area contributed by atoms with Crippen molar-refractivity contribution in [3.05, 3.63) is 35.1 Å². The van der Waals surface area contributed by atoms with Gasteiger partial charge in [-0.15, -0.1) is 0 Å². The highest BCUT2D eigenvalue weighted by molar-refractivity contribution is 5.94. The second-order valence-corrected chi connectivity index (χ2v) is 5.07. The number of carbonyl (C=O) groups is 1. The quantitative estimate of drug-likeness (QED) is 0.625. The Morgan fingerprint density at radius 3 is 2.81 bits per heavy atom. The molecule has 0 spiro atoms. The molecule has 0 bridgehead atoms. The largest absolute Gasteiger partial charge is 0.349 e. The van der Waals surface area contributed by atoms with Crippen LogP contribution in [0.2, 0.25) is 0 Å². The fourth-order valence-electron chi connectivity index (χ4n) is 2.00. The van der Waals surface area contributed by atoms with E-state index in [-0.39, 0.29) is 24.1 Å². The summed E-state index contributed by atoms with van der Waals surface area (Å²) in [4.78, 5) is 12.0. The van der Waals surface area contributed by atoms with Crippen LogP contribution in [0, 0.1) is 17.7 Å². The topological polar surface area (TPSA) is 55.1 Å². The zero-order valence-corrected chi connectivity index (χ0v) is 12.7. The third-order valence-corrected chi connectivity index (χ3v) is 3.17. The van der Waals surface area contributed by atoms with E-state index in [1.54, 1.807) is 6.07 Å². The Bertz CT molecular complexity index is 531. The molecule has 1 atom stereocenters. The fourth-order valence-corrected chi connectivity index (χ4v) is 2.00. The van der Waals surface area contributed by atoms with Crippen molar-refractivity contribution < 1.29 is 9.18 Å². The van der Waals surface area contributed by atoms with Crippen molar-refractivity contribution in [3.8, 4) is 11.8 Å². The minimum absolute atomic E-state index is 0.0418. The maximum absolute atomic E-state index is 13.9. The Hall–Kier alpha value is -1.86. The van der Waals surface area contributed by atoms with Crippen LogP contribution in [-0.2, 0) is 0 Å². The average molecular weight is 290 g/mol. The molecular formula is C17H23FN2O. The highest BCUT2D eigenvalue weighted by Crippen LogP contribution is 2.11. The van der Waals surface area contributed by atoms with Crippen LogP contribution < -0.4 is 11.1 Å². The SMILES string of the molecule is CCCCCC(C)NC(=O)c1ccc(C#CCN)cc1F. The lowest BCUT2D eigenvalue weighted by Crippen LogP contribution is -2.33. The molecule has 0 aliphatic heterocycles. The van der Waals surface area contributed by atoms with Gasteiger partial charge in [-0.1, -0.05) is 38.0 Å². The molecule has 21 heavy (non-hydrogen) atoms. The van der Waals surface area contributed by atoms with E-state index in [1.807, 2.05) is 6.92 Å². The molecule has 0 radical (unpaired) electrons. The van der Waals surface area contributed by atoms with Crippen LogP contribution in [-0.4, -0.2) is 18.5 Å². The molecule has 0 aromatic heterocycles. The summed E-state index contributed by atoms with van der Waals surface area (Å²) in [7, 11) is 0. The van der Waals surface area contributed by atoms with Gasteiger partial charge in [0, 0.05) is 11.6 Å². The fraction of sp³-hybridized carbons (Fsp3) is 0.471. The van der Waals surface area contributed by atoms with Crippen molar-refractivity contribution in [2.24, 2.45) is 5.73 Å². The highest BCUT2D eigenvalue weighted by Gasteiger charge is 2.14. The standard InChI is InChI=1S/C17H23FN2O/c1-3-4-5-7-13(2)20-17(21)15-10-9-14(8-6-11-19)12-16(15)18/h9-10,12-13H,3-5,7,11,19H2,1-2H3,(H,20,21). The summed E-state index contributed by atoms with van der Waals surface area (Å²) in [5.74, 6) is 4.45. The number of nitrogens with one attached hydrogen (secondary N) is 1. The summed E-state index contributed by atoms with van der Waals surface area (Å²) in [5, 5.41) is 2.82. The number of nitrogens with two attached hydrogens (primary N) is 1. The molecule has 0 aliphatic rings. The lowest BCUT2D eigenvalue weighted by Gasteiger charge is -2.14. The first-order chi connectivity index (χ1) is 10.1. The minimum Gasteiger partial charge on any atom is -0.349 e. The van der Waals surface area contributed by atoms with E-state index in [0.717, 1.165) is 25.7 Å². The molecule has 4 heteroatoms. The molecular weight excluding hydrogens is 267 g/mol. The maximum atomic E-state index is 13.9. The number of halogens is 1. The molecule has 1 amide bonds. The molecule has 0 heterocycles. The molecule has 0 fully saturated rings. The van der Waals surface area contributed by atoms with Gasteiger partial charge < -0.3 is 11.1 Å². The first-order valence-corrected chi connectivity index (χ1v) is 7.37. The third-order valence-electron chi connectivity index (χ3n) is 3.17. The smallest absolute Gasteiger partial charge is 0.254 e. The van der Waals surface area contributed by atoms with E-state index in [0.29, 0.717) is 5.56 Å². The second kappa shape index (κ2) is 9.15. The van der Waals surface area contributed by atoms with E-state index >= 15 is 0 Å². The number of amides is 1. The molecule has 1 unspecified atom stereocenters. The molecule has 0 saturated heterocycles. The van der Waals surface area contributed by atoms with Gasteiger partial charge in [0.05, 0.1) is 12.1 Å². The normalized spacial score (nSPS) is 11.4. The van der Waals surface area contributed by atoms with Crippen molar-refractivity contribution in [2.75, 3.05) is 6.54 Å². The predicted molar refractivity (Wildman–Crippen MR) is 83.4 cm³/mol. The van der Waals surface area contributed by atoms with Crippen LogP contribution in [0.3, 0.4) is 0 Å². The van der Waals surface area contributed by atoms with E-state index in [1.165, 1.54) is 12.1 Å². The number of benzene rings is 1. The monoisotopic (exact) mass is 290 g/mol. The summed E-state index contributed by atoms with van der Waals surface area (Å²) in [5.41, 5.74) is 5.84. The molecule has 1 aromatic carbocycles. The predicted octanol–water partition coefficient (Wildman–Crippen LogP) is 2.83. The summed E-state index contributed by atoms with van der Waals surface area (Å²) < 4.78 is 13.9. The van der Waals surface area contributed by atoms with Crippen LogP contribution in [0.4, 0.5) is 4.39 Å². The summed E-state index contributed by atoms with van der Waals surface area (Å²) in [6, 6.07) is 4.39. The number of carbonyl (C=O) groups excluding carboxylic acids is 1. The van der Waals surface area contributed by atoms with Crippen molar-refractivity contribution in [3.63, 3.8) is 0 Å². The van der Waals surface area contributed by atoms with Crippen molar-refractivity contribution in [1.29, 1.82) is 0 Å². The van der Waals surface area contributed by atoms with E-state index in [4.69, 9.17) is 5.73 Å². The first kappa shape index (κ1) is 17.2. The molecule has 114 valence electrons. The highest BCUT2D eigenvalue weighted by atomic mass is 19.1. The molecule has 0 saturated carbocycles. The van der Waals surface area contributed by atoms with Crippen LogP contribution in [0.25, 0.3) is 0 Å². The Kier molecular flexibility index (Phi) is 7.49. The average Bonchev–Trinajstić information content (AvgIpc) is 2.45. The third kappa shape index (κ3) is 5.97. The summed E-state index contributed by atoms with van der Waals surface area (Å²) >= 11 is 0. The lowest BCUT2D eigenvalue weighted by molar-refractivity contribution is 0.0934. The van der Waals surface area contributed by atoms with Crippen molar-refractivity contribution >= 4 is 5.91 Å². The van der Waals surface area contributed by atoms with Crippen LogP contribution >= 0.6 is 0 Å². The maximum Gasteiger partial charge on any atom is 0.254 e. The van der Waals surface area contributed by atoms with Gasteiger partial charge in [-0.3, -0.25) is 4.79 Å². The van der Waals surface area contributed by atoms with E-state index < -0.39 is 5.82 Å². The zero-order chi connectivity index (χ0) is 15.7. The Morgan fingerprint density at radius 2 is 2.19 bits per heavy atom. The van der Waals surface area contributed by atoms with Crippen molar-refractivity contribution in [2.45, 2.75) is 45.6 Å². The van der Waals surface area contributed by atoms with Gasteiger partial charge in [-0.2, -0.15) is 0 Å². The molecule has 1 rings (SSSR count).